The van der Waals surface area contributed by atoms with E-state index in [1.807, 2.05) is 0 Å². The van der Waals surface area contributed by atoms with Crippen molar-refractivity contribution in [3.63, 3.8) is 0 Å². The lowest BCUT2D eigenvalue weighted by molar-refractivity contribution is -0.113. The second-order valence-corrected chi connectivity index (χ2v) is 10.4. The molecule has 1 N–H and O–H groups in total. The Labute approximate surface area is 187 Å². The number of amides is 1. The monoisotopic (exact) mass is 485 g/mol. The van der Waals surface area contributed by atoms with Crippen molar-refractivity contribution < 1.29 is 13.2 Å². The van der Waals surface area contributed by atoms with Crippen LogP contribution in [-0.2, 0) is 14.8 Å². The van der Waals surface area contributed by atoms with Gasteiger partial charge in [0.25, 0.3) is 0 Å². The van der Waals surface area contributed by atoms with Crippen LogP contribution in [0.4, 0.5) is 5.69 Å². The molecule has 0 atom stereocenters. The average molecular weight is 486 g/mol. The normalized spacial score (nSPS) is 15.0. The molecule has 30 heavy (non-hydrogen) atoms. The molecule has 1 saturated heterocycles. The number of benzene rings is 1. The van der Waals surface area contributed by atoms with Crippen molar-refractivity contribution in [2.24, 2.45) is 0 Å². The minimum absolute atomic E-state index is 0.0821. The molecule has 4 rings (SSSR count). The molecule has 1 fully saturated rings. The van der Waals surface area contributed by atoms with Crippen LogP contribution in [0.3, 0.4) is 0 Å². The summed E-state index contributed by atoms with van der Waals surface area (Å²) in [6.45, 7) is 1.09. The number of carbonyl (C=O) groups is 1. The largest absolute Gasteiger partial charge is 0.325 e. The maximum atomic E-state index is 12.6. The molecular weight excluding hydrogens is 469 g/mol. The Hall–Kier alpha value is -1.85. The lowest BCUT2D eigenvalue weighted by Crippen LogP contribution is -2.27. The van der Waals surface area contributed by atoms with Gasteiger partial charge in [-0.1, -0.05) is 35.0 Å². The number of nitrogens with zero attached hydrogens (tertiary/aromatic N) is 4. The Morgan fingerprint density at radius 2 is 1.83 bits per heavy atom. The van der Waals surface area contributed by atoms with Gasteiger partial charge in [-0.2, -0.15) is 4.31 Å². The number of thioether (sulfide) groups is 1. The summed E-state index contributed by atoms with van der Waals surface area (Å²) in [7, 11) is -3.47. The van der Waals surface area contributed by atoms with E-state index < -0.39 is 10.0 Å². The van der Waals surface area contributed by atoms with E-state index in [2.05, 4.69) is 15.5 Å². The number of carbonyl (C=O) groups excluding carboxylic acids is 1. The number of rotatable bonds is 6. The molecule has 1 aliphatic rings. The second kappa shape index (κ2) is 8.72. The number of fused-ring (bicyclic) bond motifs is 1. The lowest BCUT2D eigenvalue weighted by atomic mass is 10.3. The molecule has 0 radical (unpaired) electrons. The van der Waals surface area contributed by atoms with E-state index in [4.69, 9.17) is 23.2 Å². The van der Waals surface area contributed by atoms with Crippen LogP contribution in [0.15, 0.2) is 46.6 Å². The quantitative estimate of drug-likeness (QED) is 0.536. The molecular formula is C18H17Cl2N5O3S2. The number of sulfonamides is 1. The summed E-state index contributed by atoms with van der Waals surface area (Å²) < 4.78 is 28.2. The topological polar surface area (TPSA) is 96.7 Å². The van der Waals surface area contributed by atoms with E-state index in [0.29, 0.717) is 39.6 Å². The number of halogens is 2. The van der Waals surface area contributed by atoms with Crippen LogP contribution < -0.4 is 5.32 Å². The molecule has 1 aromatic carbocycles. The fourth-order valence-corrected chi connectivity index (χ4v) is 5.85. The summed E-state index contributed by atoms with van der Waals surface area (Å²) in [6, 6.07) is 7.75. The third-order valence-electron chi connectivity index (χ3n) is 4.57. The SMILES string of the molecule is O=C(CSc1nnc2c(Cl)cc(Cl)cn12)Nc1ccc(S(=O)(=O)N2CCCC2)cc1. The molecule has 3 aromatic rings. The van der Waals surface area contributed by atoms with Gasteiger partial charge in [-0.05, 0) is 43.2 Å². The summed E-state index contributed by atoms with van der Waals surface area (Å²) in [5.74, 6) is -0.182. The van der Waals surface area contributed by atoms with Crippen LogP contribution in [-0.4, -0.2) is 52.1 Å². The van der Waals surface area contributed by atoms with Crippen LogP contribution in [0, 0.1) is 0 Å². The average Bonchev–Trinajstić information content (AvgIpc) is 3.37. The summed E-state index contributed by atoms with van der Waals surface area (Å²) in [5, 5.41) is 12.1. The highest BCUT2D eigenvalue weighted by Gasteiger charge is 2.26. The summed E-state index contributed by atoms with van der Waals surface area (Å²) in [4.78, 5) is 12.5. The number of hydrogen-bond acceptors (Lipinski definition) is 6. The molecule has 8 nitrogen and oxygen atoms in total. The van der Waals surface area contributed by atoms with Crippen LogP contribution in [0.1, 0.15) is 12.8 Å². The third-order valence-corrected chi connectivity index (χ3v) is 7.91. The van der Waals surface area contributed by atoms with E-state index in [-0.39, 0.29) is 16.6 Å². The Morgan fingerprint density at radius 3 is 2.53 bits per heavy atom. The number of aromatic nitrogens is 3. The summed E-state index contributed by atoms with van der Waals surface area (Å²) >= 11 is 13.3. The number of hydrogen-bond donors (Lipinski definition) is 1. The van der Waals surface area contributed by atoms with Crippen molar-refractivity contribution in [1.82, 2.24) is 18.9 Å². The highest BCUT2D eigenvalue weighted by Crippen LogP contribution is 2.26. The lowest BCUT2D eigenvalue weighted by Gasteiger charge is -2.15. The first kappa shape index (κ1) is 21.4. The number of nitrogens with one attached hydrogen (secondary N) is 1. The van der Waals surface area contributed by atoms with Gasteiger partial charge in [-0.25, -0.2) is 8.42 Å². The Balaban J connectivity index is 1.39. The fourth-order valence-electron chi connectivity index (χ4n) is 3.12. The molecule has 0 aliphatic carbocycles. The molecule has 0 spiro atoms. The molecule has 1 amide bonds. The van der Waals surface area contributed by atoms with Crippen molar-refractivity contribution in [2.75, 3.05) is 24.2 Å². The zero-order valence-electron chi connectivity index (χ0n) is 15.6. The van der Waals surface area contributed by atoms with Gasteiger partial charge in [0, 0.05) is 25.0 Å². The maximum Gasteiger partial charge on any atom is 0.243 e. The van der Waals surface area contributed by atoms with Gasteiger partial charge in [0.05, 0.1) is 20.7 Å². The van der Waals surface area contributed by atoms with E-state index in [0.717, 1.165) is 12.8 Å². The Kier molecular flexibility index (Phi) is 6.21. The van der Waals surface area contributed by atoms with Gasteiger partial charge in [0.1, 0.15) is 0 Å². The van der Waals surface area contributed by atoms with Crippen molar-refractivity contribution in [3.05, 3.63) is 46.6 Å². The van der Waals surface area contributed by atoms with Gasteiger partial charge >= 0.3 is 0 Å². The molecule has 2 aromatic heterocycles. The first-order valence-corrected chi connectivity index (χ1v) is 12.3. The highest BCUT2D eigenvalue weighted by atomic mass is 35.5. The molecule has 0 bridgehead atoms. The maximum absolute atomic E-state index is 12.6. The molecule has 0 saturated carbocycles. The predicted molar refractivity (Wildman–Crippen MR) is 117 cm³/mol. The van der Waals surface area contributed by atoms with E-state index in [1.54, 1.807) is 28.8 Å². The molecule has 12 heteroatoms. The second-order valence-electron chi connectivity index (χ2n) is 6.65. The van der Waals surface area contributed by atoms with Crippen LogP contribution in [0.5, 0.6) is 0 Å². The Bertz CT molecular complexity index is 1190. The highest BCUT2D eigenvalue weighted by molar-refractivity contribution is 7.99. The number of anilines is 1. The zero-order valence-corrected chi connectivity index (χ0v) is 18.7. The Morgan fingerprint density at radius 1 is 1.13 bits per heavy atom. The van der Waals surface area contributed by atoms with Crippen molar-refractivity contribution in [2.45, 2.75) is 22.9 Å². The van der Waals surface area contributed by atoms with E-state index in [9.17, 15) is 13.2 Å². The van der Waals surface area contributed by atoms with Gasteiger partial charge in [0.15, 0.2) is 10.8 Å². The fraction of sp³-hybridized carbons (Fsp3) is 0.278. The molecule has 0 unspecified atom stereocenters. The molecule has 1 aliphatic heterocycles. The molecule has 158 valence electrons. The summed E-state index contributed by atoms with van der Waals surface area (Å²) in [5.41, 5.74) is 0.969. The van der Waals surface area contributed by atoms with Gasteiger partial charge in [-0.15, -0.1) is 10.2 Å². The van der Waals surface area contributed by atoms with Crippen molar-refractivity contribution in [1.29, 1.82) is 0 Å². The number of pyridine rings is 1. The van der Waals surface area contributed by atoms with Crippen molar-refractivity contribution in [3.8, 4) is 0 Å². The minimum atomic E-state index is -3.47. The standard InChI is InChI=1S/C18H17Cl2N5O3S2/c19-12-9-15(20)17-22-23-18(25(17)10-12)29-11-16(26)21-13-3-5-14(6-4-13)30(27,28)24-7-1-2-8-24/h3-6,9-10H,1-2,7-8,11H2,(H,21,26). The van der Waals surface area contributed by atoms with Gasteiger partial charge in [-0.3, -0.25) is 9.20 Å². The molecule has 3 heterocycles. The third kappa shape index (κ3) is 4.42. The van der Waals surface area contributed by atoms with E-state index in [1.165, 1.54) is 28.2 Å². The summed E-state index contributed by atoms with van der Waals surface area (Å²) in [6.07, 6.45) is 3.39. The zero-order chi connectivity index (χ0) is 21.3. The van der Waals surface area contributed by atoms with E-state index >= 15 is 0 Å². The predicted octanol–water partition coefficient (Wildman–Crippen LogP) is 3.55. The smallest absolute Gasteiger partial charge is 0.243 e. The van der Waals surface area contributed by atoms with Crippen LogP contribution >= 0.6 is 35.0 Å². The van der Waals surface area contributed by atoms with Crippen molar-refractivity contribution >= 4 is 62.2 Å². The van der Waals surface area contributed by atoms with Gasteiger partial charge in [0.2, 0.25) is 15.9 Å². The van der Waals surface area contributed by atoms with Crippen LogP contribution in [0.2, 0.25) is 10.0 Å². The first-order chi connectivity index (χ1) is 14.3. The minimum Gasteiger partial charge on any atom is -0.325 e. The van der Waals surface area contributed by atoms with Gasteiger partial charge < -0.3 is 5.32 Å². The van der Waals surface area contributed by atoms with Crippen LogP contribution in [0.25, 0.3) is 5.65 Å². The first-order valence-electron chi connectivity index (χ1n) is 9.07.